The summed E-state index contributed by atoms with van der Waals surface area (Å²) < 4.78 is 26.7. The maximum atomic E-state index is 12.5. The van der Waals surface area contributed by atoms with Gasteiger partial charge in [-0.3, -0.25) is 0 Å². The van der Waals surface area contributed by atoms with Gasteiger partial charge in [0.15, 0.2) is 0 Å². The summed E-state index contributed by atoms with van der Waals surface area (Å²) in [5.41, 5.74) is 6.79. The summed E-state index contributed by atoms with van der Waals surface area (Å²) in [4.78, 5) is 0. The molecule has 2 N–H and O–H groups in total. The van der Waals surface area contributed by atoms with Crippen molar-refractivity contribution >= 4 is 16.1 Å². The fraction of sp³-hybridized carbons (Fsp3) is 0.500. The van der Waals surface area contributed by atoms with Gasteiger partial charge in [0.1, 0.15) is 0 Å². The third-order valence-corrected chi connectivity index (χ3v) is 5.71. The van der Waals surface area contributed by atoms with Crippen LogP contribution in [0.3, 0.4) is 0 Å². The molecule has 1 aromatic rings. The highest BCUT2D eigenvalue weighted by Gasteiger charge is 2.29. The molecular formula is C16H24N2O2S. The molecule has 21 heavy (non-hydrogen) atoms. The molecule has 1 aliphatic rings. The molecule has 116 valence electrons. The molecule has 0 atom stereocenters. The van der Waals surface area contributed by atoms with E-state index in [0.29, 0.717) is 6.54 Å². The van der Waals surface area contributed by atoms with E-state index >= 15 is 0 Å². The van der Waals surface area contributed by atoms with Crippen LogP contribution in [0.4, 0.5) is 0 Å². The Morgan fingerprint density at radius 3 is 2.38 bits per heavy atom. The van der Waals surface area contributed by atoms with Crippen LogP contribution in [0.25, 0.3) is 6.08 Å². The average Bonchev–Trinajstić information content (AvgIpc) is 2.49. The first-order chi connectivity index (χ1) is 10.0. The van der Waals surface area contributed by atoms with E-state index in [4.69, 9.17) is 5.73 Å². The van der Waals surface area contributed by atoms with Gasteiger partial charge in [0.05, 0.1) is 0 Å². The first-order valence-corrected chi connectivity index (χ1v) is 9.04. The maximum Gasteiger partial charge on any atom is 0.236 e. The molecule has 0 bridgehead atoms. The highest BCUT2D eigenvalue weighted by Crippen LogP contribution is 2.25. The molecule has 1 fully saturated rings. The second-order valence-electron chi connectivity index (χ2n) is 5.53. The van der Waals surface area contributed by atoms with Gasteiger partial charge in [-0.05, 0) is 37.3 Å². The monoisotopic (exact) mass is 308 g/mol. The summed E-state index contributed by atoms with van der Waals surface area (Å²) in [6, 6.07) is 9.79. The topological polar surface area (TPSA) is 63.4 Å². The number of hydrogen-bond donors (Lipinski definition) is 1. The molecule has 0 heterocycles. The van der Waals surface area contributed by atoms with E-state index in [9.17, 15) is 8.42 Å². The number of nitrogens with two attached hydrogens (primary N) is 1. The van der Waals surface area contributed by atoms with Gasteiger partial charge in [-0.25, -0.2) is 8.42 Å². The smallest absolute Gasteiger partial charge is 0.236 e. The van der Waals surface area contributed by atoms with Crippen molar-refractivity contribution in [2.45, 2.75) is 44.7 Å². The van der Waals surface area contributed by atoms with E-state index in [1.54, 1.807) is 10.4 Å². The Morgan fingerprint density at radius 1 is 1.19 bits per heavy atom. The number of benzene rings is 1. The van der Waals surface area contributed by atoms with Gasteiger partial charge in [0.25, 0.3) is 0 Å². The van der Waals surface area contributed by atoms with E-state index in [1.807, 2.05) is 37.3 Å². The lowest BCUT2D eigenvalue weighted by atomic mass is 9.92. The first kappa shape index (κ1) is 16.2. The van der Waals surface area contributed by atoms with Crippen LogP contribution in [0.1, 0.15) is 38.2 Å². The van der Waals surface area contributed by atoms with Gasteiger partial charge in [-0.2, -0.15) is 4.31 Å². The number of rotatable bonds is 5. The summed E-state index contributed by atoms with van der Waals surface area (Å²) in [6.07, 6.45) is 5.17. The fourth-order valence-electron chi connectivity index (χ4n) is 2.84. The zero-order valence-electron chi connectivity index (χ0n) is 12.5. The number of hydrogen-bond acceptors (Lipinski definition) is 3. The molecule has 0 aliphatic heterocycles. The molecule has 0 amide bonds. The second-order valence-corrected chi connectivity index (χ2v) is 7.30. The van der Waals surface area contributed by atoms with Crippen molar-refractivity contribution in [1.82, 2.24) is 4.31 Å². The summed E-state index contributed by atoms with van der Waals surface area (Å²) in [5.74, 6) is 0. The molecule has 1 aromatic carbocycles. The van der Waals surface area contributed by atoms with Crippen molar-refractivity contribution in [3.63, 3.8) is 0 Å². The third kappa shape index (κ3) is 4.40. The van der Waals surface area contributed by atoms with Crippen LogP contribution in [-0.2, 0) is 10.0 Å². The maximum absolute atomic E-state index is 12.5. The van der Waals surface area contributed by atoms with Crippen molar-refractivity contribution in [2.24, 2.45) is 5.73 Å². The Hall–Kier alpha value is -1.17. The van der Waals surface area contributed by atoms with Crippen LogP contribution in [0.5, 0.6) is 0 Å². The molecule has 0 unspecified atom stereocenters. The molecule has 0 saturated heterocycles. The van der Waals surface area contributed by atoms with E-state index in [0.717, 1.165) is 31.2 Å². The van der Waals surface area contributed by atoms with Gasteiger partial charge in [0, 0.05) is 24.0 Å². The summed E-state index contributed by atoms with van der Waals surface area (Å²) >= 11 is 0. The van der Waals surface area contributed by atoms with Gasteiger partial charge < -0.3 is 5.73 Å². The van der Waals surface area contributed by atoms with Crippen LogP contribution in [0.2, 0.25) is 0 Å². The summed E-state index contributed by atoms with van der Waals surface area (Å²) in [6.45, 7) is 2.39. The fourth-order valence-corrected chi connectivity index (χ4v) is 4.31. The minimum atomic E-state index is -3.38. The van der Waals surface area contributed by atoms with E-state index in [2.05, 4.69) is 0 Å². The van der Waals surface area contributed by atoms with Crippen LogP contribution in [-0.4, -0.2) is 31.4 Å². The molecule has 1 saturated carbocycles. The largest absolute Gasteiger partial charge is 0.328 e. The van der Waals surface area contributed by atoms with E-state index in [1.165, 1.54) is 5.41 Å². The van der Waals surface area contributed by atoms with E-state index in [-0.39, 0.29) is 12.1 Å². The van der Waals surface area contributed by atoms with Crippen molar-refractivity contribution in [3.05, 3.63) is 41.3 Å². The molecule has 0 aromatic heterocycles. The molecule has 1 aliphatic carbocycles. The van der Waals surface area contributed by atoms with Gasteiger partial charge in [-0.1, -0.05) is 37.3 Å². The molecule has 0 spiro atoms. The zero-order valence-corrected chi connectivity index (χ0v) is 13.3. The lowest BCUT2D eigenvalue weighted by molar-refractivity contribution is 0.249. The standard InChI is InChI=1S/C16H24N2O2S/c1-2-18(16-10-8-15(17)9-11-16)21(19,20)13-12-14-6-4-3-5-7-14/h3-7,12-13,15-16H,2,8-11,17H2,1H3. The normalized spacial score (nSPS) is 23.8. The van der Waals surface area contributed by atoms with Gasteiger partial charge in [0.2, 0.25) is 10.0 Å². The highest BCUT2D eigenvalue weighted by molar-refractivity contribution is 7.92. The highest BCUT2D eigenvalue weighted by atomic mass is 32.2. The van der Waals surface area contributed by atoms with Crippen LogP contribution < -0.4 is 5.73 Å². The minimum Gasteiger partial charge on any atom is -0.328 e. The lowest BCUT2D eigenvalue weighted by Gasteiger charge is -2.33. The van der Waals surface area contributed by atoms with E-state index < -0.39 is 10.0 Å². The molecule has 4 nitrogen and oxygen atoms in total. The molecule has 2 rings (SSSR count). The zero-order chi connectivity index (χ0) is 15.3. The van der Waals surface area contributed by atoms with Crippen LogP contribution >= 0.6 is 0 Å². The summed E-state index contributed by atoms with van der Waals surface area (Å²) in [5, 5.41) is 1.32. The number of sulfonamides is 1. The van der Waals surface area contributed by atoms with Crippen LogP contribution in [0.15, 0.2) is 35.7 Å². The minimum absolute atomic E-state index is 0.0835. The third-order valence-electron chi connectivity index (χ3n) is 4.02. The Morgan fingerprint density at radius 2 is 1.81 bits per heavy atom. The van der Waals surface area contributed by atoms with Crippen molar-refractivity contribution < 1.29 is 8.42 Å². The van der Waals surface area contributed by atoms with Crippen molar-refractivity contribution in [1.29, 1.82) is 0 Å². The Kier molecular flexibility index (Phi) is 5.56. The van der Waals surface area contributed by atoms with Crippen molar-refractivity contribution in [2.75, 3.05) is 6.54 Å². The molecular weight excluding hydrogens is 284 g/mol. The second kappa shape index (κ2) is 7.20. The Bertz CT molecular complexity index is 561. The predicted octanol–water partition coefficient (Wildman–Crippen LogP) is 2.58. The van der Waals surface area contributed by atoms with Crippen molar-refractivity contribution in [3.8, 4) is 0 Å². The Balaban J connectivity index is 2.11. The predicted molar refractivity (Wildman–Crippen MR) is 87.0 cm³/mol. The van der Waals surface area contributed by atoms with Gasteiger partial charge in [-0.15, -0.1) is 0 Å². The lowest BCUT2D eigenvalue weighted by Crippen LogP contribution is -2.43. The van der Waals surface area contributed by atoms with Crippen LogP contribution in [0, 0.1) is 0 Å². The molecule has 0 radical (unpaired) electrons. The molecule has 5 heteroatoms. The summed E-state index contributed by atoms with van der Waals surface area (Å²) in [7, 11) is -3.38. The first-order valence-electron chi connectivity index (χ1n) is 7.53. The number of nitrogens with zero attached hydrogens (tertiary/aromatic N) is 1. The quantitative estimate of drug-likeness (QED) is 0.909. The average molecular weight is 308 g/mol. The van der Waals surface area contributed by atoms with Gasteiger partial charge >= 0.3 is 0 Å². The Labute approximate surface area is 127 Å². The SMILES string of the molecule is CCN(C1CCC(N)CC1)S(=O)(=O)C=Cc1ccccc1.